The van der Waals surface area contributed by atoms with Crippen LogP contribution in [0.2, 0.25) is 0 Å². The van der Waals surface area contributed by atoms with Crippen LogP contribution in [0.25, 0.3) is 21.5 Å². The third-order valence-electron chi connectivity index (χ3n) is 11.3. The standard InChI is InChI=1S/C43H48BrN2/c1-30(44)29-43(4)39(45(5)36-26-24-33-19-9-11-21-35(33)41(36)43)23-14-22-38-42(2,3)40-34-20-10-8-18-32(34)25-27-37(40)46(38)28-13-12-17-31-15-6-7-16-31/h8-11,14,18-27,31H,1,6-7,12-13,15-17,28-29H2,2-5H3/q+1. The highest BCUT2D eigenvalue weighted by Gasteiger charge is 2.46. The van der Waals surface area contributed by atoms with E-state index in [0.717, 1.165) is 23.4 Å². The Morgan fingerprint density at radius 2 is 1.54 bits per heavy atom. The van der Waals surface area contributed by atoms with Gasteiger partial charge in [-0.3, -0.25) is 0 Å². The molecule has 1 fully saturated rings. The van der Waals surface area contributed by atoms with Crippen LogP contribution < -0.4 is 4.90 Å². The van der Waals surface area contributed by atoms with E-state index < -0.39 is 0 Å². The van der Waals surface area contributed by atoms with E-state index in [-0.39, 0.29) is 10.8 Å². The largest absolute Gasteiger partial charge is 0.347 e. The number of halogens is 1. The number of benzene rings is 4. The van der Waals surface area contributed by atoms with E-state index in [4.69, 9.17) is 0 Å². The fraction of sp³-hybridized carbons (Fsp3) is 0.372. The number of allylic oxidation sites excluding steroid dienone is 5. The summed E-state index contributed by atoms with van der Waals surface area (Å²) >= 11 is 3.75. The summed E-state index contributed by atoms with van der Waals surface area (Å²) < 4.78 is 3.67. The summed E-state index contributed by atoms with van der Waals surface area (Å²) in [5.74, 6) is 0.954. The third-order valence-corrected chi connectivity index (χ3v) is 11.6. The van der Waals surface area contributed by atoms with Crippen LogP contribution in [0.3, 0.4) is 0 Å². The van der Waals surface area contributed by atoms with E-state index in [9.17, 15) is 0 Å². The number of unbranched alkanes of at least 4 members (excludes halogenated alkanes) is 1. The van der Waals surface area contributed by atoms with Crippen LogP contribution >= 0.6 is 15.9 Å². The summed E-state index contributed by atoms with van der Waals surface area (Å²) in [5, 5.41) is 5.32. The average molecular weight is 673 g/mol. The molecule has 7 rings (SSSR count). The maximum atomic E-state index is 4.30. The fourth-order valence-electron chi connectivity index (χ4n) is 9.11. The maximum Gasteiger partial charge on any atom is 0.210 e. The molecule has 0 bridgehead atoms. The lowest BCUT2D eigenvalue weighted by molar-refractivity contribution is -0.438. The Labute approximate surface area is 284 Å². The van der Waals surface area contributed by atoms with E-state index >= 15 is 0 Å². The van der Waals surface area contributed by atoms with Crippen molar-refractivity contribution in [3.63, 3.8) is 0 Å². The van der Waals surface area contributed by atoms with Crippen molar-refractivity contribution in [3.8, 4) is 0 Å². The Morgan fingerprint density at radius 1 is 0.891 bits per heavy atom. The predicted molar refractivity (Wildman–Crippen MR) is 202 cm³/mol. The molecule has 1 saturated carbocycles. The van der Waals surface area contributed by atoms with E-state index in [0.29, 0.717) is 0 Å². The number of likely N-dealkylation sites (N-methyl/N-ethyl adjacent to an activating group) is 1. The van der Waals surface area contributed by atoms with Gasteiger partial charge in [0.1, 0.15) is 6.54 Å². The molecule has 3 aliphatic rings. The monoisotopic (exact) mass is 671 g/mol. The van der Waals surface area contributed by atoms with Crippen molar-refractivity contribution in [2.75, 3.05) is 18.5 Å². The molecule has 1 unspecified atom stereocenters. The lowest BCUT2D eigenvalue weighted by Crippen LogP contribution is -2.28. The molecule has 2 aliphatic heterocycles. The van der Waals surface area contributed by atoms with Crippen LogP contribution in [-0.2, 0) is 10.8 Å². The highest BCUT2D eigenvalue weighted by Crippen LogP contribution is 2.53. The van der Waals surface area contributed by atoms with Crippen molar-refractivity contribution in [1.29, 1.82) is 0 Å². The first kappa shape index (κ1) is 31.2. The molecule has 4 aromatic carbocycles. The van der Waals surface area contributed by atoms with Crippen molar-refractivity contribution in [2.24, 2.45) is 5.92 Å². The van der Waals surface area contributed by atoms with Crippen LogP contribution in [0.15, 0.2) is 108 Å². The van der Waals surface area contributed by atoms with Crippen LogP contribution in [0.5, 0.6) is 0 Å². The van der Waals surface area contributed by atoms with Gasteiger partial charge in [-0.1, -0.05) is 115 Å². The van der Waals surface area contributed by atoms with Crippen LogP contribution in [0, 0.1) is 5.92 Å². The molecule has 46 heavy (non-hydrogen) atoms. The molecule has 0 aromatic heterocycles. The summed E-state index contributed by atoms with van der Waals surface area (Å²) in [6.45, 7) is 12.6. The molecular formula is C43H48BrN2+. The predicted octanol–water partition coefficient (Wildman–Crippen LogP) is 11.9. The molecule has 4 aromatic rings. The van der Waals surface area contributed by atoms with E-state index in [1.165, 1.54) is 100 Å². The van der Waals surface area contributed by atoms with Crippen molar-refractivity contribution < 1.29 is 4.58 Å². The minimum atomic E-state index is -0.204. The number of hydrogen-bond donors (Lipinski definition) is 0. The highest BCUT2D eigenvalue weighted by atomic mass is 79.9. The number of fused-ring (bicyclic) bond motifs is 6. The summed E-state index contributed by atoms with van der Waals surface area (Å²) in [6.07, 6.45) is 17.6. The Bertz CT molecular complexity index is 1920. The molecule has 0 radical (unpaired) electrons. The van der Waals surface area contributed by atoms with Gasteiger partial charge in [0.05, 0.1) is 5.41 Å². The summed E-state index contributed by atoms with van der Waals surface area (Å²) in [5.41, 5.74) is 7.91. The second-order valence-electron chi connectivity index (χ2n) is 14.7. The summed E-state index contributed by atoms with van der Waals surface area (Å²) in [6, 6.07) is 27.0. The van der Waals surface area contributed by atoms with Crippen molar-refractivity contribution in [2.45, 2.75) is 83.0 Å². The molecule has 0 spiro atoms. The molecule has 2 nitrogen and oxygen atoms in total. The third kappa shape index (κ3) is 5.29. The second kappa shape index (κ2) is 12.3. The van der Waals surface area contributed by atoms with E-state index in [1.54, 1.807) is 0 Å². The zero-order chi connectivity index (χ0) is 32.1. The zero-order valence-corrected chi connectivity index (χ0v) is 29.7. The number of hydrogen-bond acceptors (Lipinski definition) is 1. The smallest absolute Gasteiger partial charge is 0.210 e. The summed E-state index contributed by atoms with van der Waals surface area (Å²) in [4.78, 5) is 2.40. The van der Waals surface area contributed by atoms with Crippen molar-refractivity contribution in [3.05, 3.63) is 119 Å². The van der Waals surface area contributed by atoms with Gasteiger partial charge in [0.2, 0.25) is 5.69 Å². The lowest BCUT2D eigenvalue weighted by atomic mass is 9.76. The average Bonchev–Trinajstić information content (AvgIpc) is 3.69. The minimum Gasteiger partial charge on any atom is -0.347 e. The van der Waals surface area contributed by atoms with Gasteiger partial charge in [-0.15, -0.1) is 0 Å². The molecule has 1 aliphatic carbocycles. The van der Waals surface area contributed by atoms with Gasteiger partial charge in [0, 0.05) is 48.0 Å². The minimum absolute atomic E-state index is 0.106. The Kier molecular flexibility index (Phi) is 8.34. The molecular weight excluding hydrogens is 624 g/mol. The van der Waals surface area contributed by atoms with Crippen molar-refractivity contribution >= 4 is 54.6 Å². The first-order valence-corrected chi connectivity index (χ1v) is 18.1. The highest BCUT2D eigenvalue weighted by molar-refractivity contribution is 9.11. The number of anilines is 1. The Hall–Kier alpha value is -3.43. The lowest BCUT2D eigenvalue weighted by Gasteiger charge is -2.29. The van der Waals surface area contributed by atoms with Crippen LogP contribution in [-0.4, -0.2) is 23.9 Å². The maximum absolute atomic E-state index is 4.30. The molecule has 3 heteroatoms. The normalized spacial score (nSPS) is 21.8. The fourth-order valence-corrected chi connectivity index (χ4v) is 9.68. The van der Waals surface area contributed by atoms with E-state index in [2.05, 4.69) is 151 Å². The zero-order valence-electron chi connectivity index (χ0n) is 28.1. The quantitative estimate of drug-likeness (QED) is 0.127. The van der Waals surface area contributed by atoms with Gasteiger partial charge in [-0.25, -0.2) is 0 Å². The van der Waals surface area contributed by atoms with E-state index in [1.807, 2.05) is 0 Å². The van der Waals surface area contributed by atoms with Gasteiger partial charge in [-0.2, -0.15) is 4.58 Å². The van der Waals surface area contributed by atoms with Crippen LogP contribution in [0.4, 0.5) is 11.4 Å². The van der Waals surface area contributed by atoms with Crippen molar-refractivity contribution in [1.82, 2.24) is 0 Å². The molecule has 1 atom stereocenters. The van der Waals surface area contributed by atoms with Gasteiger partial charge >= 0.3 is 0 Å². The Balaban J connectivity index is 1.28. The molecule has 236 valence electrons. The van der Waals surface area contributed by atoms with Gasteiger partial charge in [0.25, 0.3) is 0 Å². The number of rotatable bonds is 9. The number of nitrogens with zero attached hydrogens (tertiary/aromatic N) is 2. The first-order valence-electron chi connectivity index (χ1n) is 17.4. The topological polar surface area (TPSA) is 6.25 Å². The molecule has 2 heterocycles. The summed E-state index contributed by atoms with van der Waals surface area (Å²) in [7, 11) is 2.22. The van der Waals surface area contributed by atoms with Gasteiger partial charge in [-0.05, 0) is 89.3 Å². The SMILES string of the molecule is C=C(Br)CC1(C)/C(=C\C=C\C2=[N+](CCCCC3CCCC3)c3ccc4ccccc4c3C2(C)C)N(C)c2ccc3ccccc3c21. The van der Waals surface area contributed by atoms with Gasteiger partial charge in [0.15, 0.2) is 5.71 Å². The molecule has 0 amide bonds. The van der Waals surface area contributed by atoms with Crippen LogP contribution in [0.1, 0.15) is 83.3 Å². The van der Waals surface area contributed by atoms with Gasteiger partial charge < -0.3 is 4.90 Å². The second-order valence-corrected chi connectivity index (χ2v) is 15.8. The molecule has 0 saturated heterocycles. The molecule has 0 N–H and O–H groups in total. The first-order chi connectivity index (χ1) is 22.2. The Morgan fingerprint density at radius 3 is 2.24 bits per heavy atom.